The Morgan fingerprint density at radius 2 is 1.97 bits per heavy atom. The van der Waals surface area contributed by atoms with Gasteiger partial charge in [-0.25, -0.2) is 14.6 Å². The molecule has 1 N–H and O–H groups in total. The highest BCUT2D eigenvalue weighted by atomic mass is 16.6. The molecule has 3 unspecified atom stereocenters. The van der Waals surface area contributed by atoms with Gasteiger partial charge in [-0.15, -0.1) is 0 Å². The Morgan fingerprint density at radius 1 is 1.22 bits per heavy atom. The van der Waals surface area contributed by atoms with E-state index < -0.39 is 35.1 Å². The van der Waals surface area contributed by atoms with Crippen molar-refractivity contribution in [1.29, 1.82) is 0 Å². The topological polar surface area (TPSA) is 111 Å². The molecule has 0 radical (unpaired) electrons. The number of amides is 1. The van der Waals surface area contributed by atoms with Crippen molar-refractivity contribution >= 4 is 12.1 Å². The van der Waals surface area contributed by atoms with Crippen LogP contribution < -0.4 is 5.56 Å². The van der Waals surface area contributed by atoms with Gasteiger partial charge in [0.2, 0.25) is 5.75 Å². The van der Waals surface area contributed by atoms with Gasteiger partial charge in [0.05, 0.1) is 12.6 Å². The Labute approximate surface area is 185 Å². The molecule has 2 heterocycles. The number of nitrogens with zero attached hydrogens (tertiary/aromatic N) is 3. The van der Waals surface area contributed by atoms with E-state index in [1.54, 1.807) is 14.0 Å². The molecule has 2 aromatic rings. The van der Waals surface area contributed by atoms with Gasteiger partial charge in [-0.05, 0) is 43.6 Å². The van der Waals surface area contributed by atoms with Crippen LogP contribution in [0.1, 0.15) is 54.1 Å². The molecule has 2 aliphatic rings. The summed E-state index contributed by atoms with van der Waals surface area (Å²) in [6, 6.07) is 8.79. The molecule has 4 rings (SSSR count). The number of ether oxygens (including phenoxy) is 2. The third-order valence-electron chi connectivity index (χ3n) is 6.29. The zero-order valence-corrected chi connectivity index (χ0v) is 18.2. The molecule has 9 nitrogen and oxygen atoms in total. The standard InChI is InChI=1S/C23H27N3O6/c1-3-31-22(29)17-19(27)21(28)26-12-15-9-10-16(11-15)18(20(26)24-17)25(2)23(30)32-13-14-7-5-4-6-8-14/h4-8,15-16,18,27H,3,9-13H2,1-2H3. The van der Waals surface area contributed by atoms with E-state index in [0.29, 0.717) is 6.54 Å². The molecule has 3 atom stereocenters. The lowest BCUT2D eigenvalue weighted by molar-refractivity contribution is 0.0512. The predicted molar refractivity (Wildman–Crippen MR) is 114 cm³/mol. The van der Waals surface area contributed by atoms with E-state index in [1.165, 1.54) is 9.47 Å². The molecule has 0 spiro atoms. The van der Waals surface area contributed by atoms with Crippen molar-refractivity contribution in [2.75, 3.05) is 13.7 Å². The van der Waals surface area contributed by atoms with Gasteiger partial charge in [0.15, 0.2) is 5.69 Å². The number of hydrogen-bond acceptors (Lipinski definition) is 7. The lowest BCUT2D eigenvalue weighted by atomic mass is 9.96. The van der Waals surface area contributed by atoms with Crippen molar-refractivity contribution in [1.82, 2.24) is 14.5 Å². The van der Waals surface area contributed by atoms with Gasteiger partial charge < -0.3 is 19.5 Å². The van der Waals surface area contributed by atoms with E-state index in [-0.39, 0.29) is 30.9 Å². The number of hydrogen-bond donors (Lipinski definition) is 1. The SMILES string of the molecule is CCOC(=O)c1nc2n(c(=O)c1O)CC1CCC(C1)C2N(C)C(=O)OCc1ccccc1. The Morgan fingerprint density at radius 3 is 2.69 bits per heavy atom. The molecule has 1 aliphatic heterocycles. The number of carbonyl (C=O) groups excluding carboxylic acids is 2. The van der Waals surface area contributed by atoms with Crippen LogP contribution >= 0.6 is 0 Å². The maximum atomic E-state index is 13.0. The van der Waals surface area contributed by atoms with Crippen LogP contribution in [-0.4, -0.2) is 45.3 Å². The van der Waals surface area contributed by atoms with Crippen molar-refractivity contribution in [2.45, 2.75) is 45.4 Å². The summed E-state index contributed by atoms with van der Waals surface area (Å²) < 4.78 is 11.9. The van der Waals surface area contributed by atoms with Crippen molar-refractivity contribution in [3.8, 4) is 5.75 Å². The van der Waals surface area contributed by atoms with E-state index in [9.17, 15) is 19.5 Å². The largest absolute Gasteiger partial charge is 0.501 e. The van der Waals surface area contributed by atoms with Gasteiger partial charge in [0, 0.05) is 13.6 Å². The summed E-state index contributed by atoms with van der Waals surface area (Å²) >= 11 is 0. The molecule has 1 aliphatic carbocycles. The zero-order chi connectivity index (χ0) is 22.8. The number of carbonyl (C=O) groups is 2. The highest BCUT2D eigenvalue weighted by Gasteiger charge is 2.43. The highest BCUT2D eigenvalue weighted by molar-refractivity contribution is 5.90. The van der Waals surface area contributed by atoms with Crippen molar-refractivity contribution in [2.24, 2.45) is 11.8 Å². The van der Waals surface area contributed by atoms with Crippen LogP contribution in [0.2, 0.25) is 0 Å². The fraction of sp³-hybridized carbons (Fsp3) is 0.478. The predicted octanol–water partition coefficient (Wildman–Crippen LogP) is 2.87. The monoisotopic (exact) mass is 441 g/mol. The van der Waals surface area contributed by atoms with Crippen LogP contribution in [0.4, 0.5) is 4.79 Å². The Kier molecular flexibility index (Phi) is 6.16. The number of esters is 1. The molecular formula is C23H27N3O6. The average molecular weight is 441 g/mol. The summed E-state index contributed by atoms with van der Waals surface area (Å²) in [5, 5.41) is 10.4. The molecule has 32 heavy (non-hydrogen) atoms. The Bertz CT molecular complexity index is 1070. The highest BCUT2D eigenvalue weighted by Crippen LogP contribution is 2.44. The number of benzene rings is 1. The maximum Gasteiger partial charge on any atom is 0.410 e. The summed E-state index contributed by atoms with van der Waals surface area (Å²) in [5.74, 6) is -1.01. The second kappa shape index (κ2) is 9.02. The third kappa shape index (κ3) is 4.06. The summed E-state index contributed by atoms with van der Waals surface area (Å²) in [4.78, 5) is 44.0. The maximum absolute atomic E-state index is 13.0. The summed E-state index contributed by atoms with van der Waals surface area (Å²) in [6.45, 7) is 2.22. The third-order valence-corrected chi connectivity index (χ3v) is 6.29. The smallest absolute Gasteiger partial charge is 0.410 e. The van der Waals surface area contributed by atoms with Gasteiger partial charge in [0.1, 0.15) is 12.4 Å². The first-order valence-corrected chi connectivity index (χ1v) is 10.8. The number of aromatic nitrogens is 2. The number of aromatic hydroxyl groups is 1. The lowest BCUT2D eigenvalue weighted by Crippen LogP contribution is -2.40. The molecule has 0 saturated heterocycles. The van der Waals surface area contributed by atoms with Crippen molar-refractivity contribution in [3.63, 3.8) is 0 Å². The summed E-state index contributed by atoms with van der Waals surface area (Å²) in [6.07, 6.45) is 2.06. The van der Waals surface area contributed by atoms with Crippen molar-refractivity contribution < 1.29 is 24.2 Å². The van der Waals surface area contributed by atoms with E-state index in [1.807, 2.05) is 30.3 Å². The zero-order valence-electron chi connectivity index (χ0n) is 18.2. The molecule has 170 valence electrons. The van der Waals surface area contributed by atoms with Crippen LogP contribution in [0.3, 0.4) is 0 Å². The minimum absolute atomic E-state index is 0.0644. The average Bonchev–Trinajstić information content (AvgIpc) is 3.18. The fourth-order valence-electron chi connectivity index (χ4n) is 4.76. The first kappa shape index (κ1) is 21.9. The molecule has 1 aromatic carbocycles. The van der Waals surface area contributed by atoms with Gasteiger partial charge >= 0.3 is 12.1 Å². The normalized spacial score (nSPS) is 21.4. The van der Waals surface area contributed by atoms with Crippen molar-refractivity contribution in [3.05, 3.63) is 57.8 Å². The molecule has 1 aromatic heterocycles. The molecule has 1 fully saturated rings. The Hall–Kier alpha value is -3.36. The second-order valence-electron chi connectivity index (χ2n) is 8.34. The van der Waals surface area contributed by atoms with Gasteiger partial charge in [-0.1, -0.05) is 30.3 Å². The molecule has 1 saturated carbocycles. The summed E-state index contributed by atoms with van der Waals surface area (Å²) in [7, 11) is 1.62. The quantitative estimate of drug-likeness (QED) is 0.710. The second-order valence-corrected chi connectivity index (χ2v) is 8.34. The lowest BCUT2D eigenvalue weighted by Gasteiger charge is -2.32. The van der Waals surface area contributed by atoms with Crippen LogP contribution in [-0.2, 0) is 22.6 Å². The van der Waals surface area contributed by atoms with Gasteiger partial charge in [-0.3, -0.25) is 9.36 Å². The van der Waals surface area contributed by atoms with Crippen LogP contribution in [0.25, 0.3) is 0 Å². The van der Waals surface area contributed by atoms with E-state index in [4.69, 9.17) is 9.47 Å². The van der Waals surface area contributed by atoms with Gasteiger partial charge in [0.25, 0.3) is 5.56 Å². The van der Waals surface area contributed by atoms with Crippen LogP contribution in [0, 0.1) is 11.8 Å². The Balaban J connectivity index is 1.69. The first-order valence-electron chi connectivity index (χ1n) is 10.8. The number of rotatable bonds is 5. The van der Waals surface area contributed by atoms with E-state index >= 15 is 0 Å². The van der Waals surface area contributed by atoms with Crippen LogP contribution in [0.15, 0.2) is 35.1 Å². The number of fused-ring (bicyclic) bond motifs is 3. The minimum Gasteiger partial charge on any atom is -0.501 e. The summed E-state index contributed by atoms with van der Waals surface area (Å²) in [5.41, 5.74) is -0.251. The van der Waals surface area contributed by atoms with E-state index in [2.05, 4.69) is 4.98 Å². The first-order chi connectivity index (χ1) is 15.4. The fourth-order valence-corrected chi connectivity index (χ4v) is 4.76. The minimum atomic E-state index is -0.868. The van der Waals surface area contributed by atoms with Crippen LogP contribution in [0.5, 0.6) is 5.75 Å². The molecular weight excluding hydrogens is 414 g/mol. The molecule has 2 bridgehead atoms. The molecule has 9 heteroatoms. The molecule has 1 amide bonds. The van der Waals surface area contributed by atoms with E-state index in [0.717, 1.165) is 24.8 Å². The van der Waals surface area contributed by atoms with Gasteiger partial charge in [-0.2, -0.15) is 0 Å².